The van der Waals surface area contributed by atoms with Gasteiger partial charge in [-0.3, -0.25) is 0 Å². The number of nitrogens with zero attached hydrogens (tertiary/aromatic N) is 1. The normalized spacial score (nSPS) is 14.8. The lowest BCUT2D eigenvalue weighted by molar-refractivity contribution is 0.415. The lowest BCUT2D eigenvalue weighted by Crippen LogP contribution is -1.89. The Hall–Kier alpha value is -2.50. The Kier molecular flexibility index (Phi) is 3.43. The molecule has 4 aromatic rings. The van der Waals surface area contributed by atoms with Crippen molar-refractivity contribution in [3.8, 4) is 5.75 Å². The number of nitrogens with one attached hydrogen (secondary N) is 1. The Labute approximate surface area is 153 Å². The molecule has 0 bridgehead atoms. The molecule has 3 nitrogen and oxygen atoms in total. The monoisotopic (exact) mass is 362 g/mol. The van der Waals surface area contributed by atoms with Crippen molar-refractivity contribution >= 4 is 55.9 Å². The fourth-order valence-electron chi connectivity index (χ4n) is 3.02. The molecule has 0 fully saturated rings. The highest BCUT2D eigenvalue weighted by Crippen LogP contribution is 2.43. The Morgan fingerprint density at radius 3 is 2.92 bits per heavy atom. The van der Waals surface area contributed by atoms with Gasteiger partial charge in [0.1, 0.15) is 10.8 Å². The number of hydrogen-bond acceptors (Lipinski definition) is 5. The molecule has 0 saturated carbocycles. The summed E-state index contributed by atoms with van der Waals surface area (Å²) < 4.78 is 6.51. The van der Waals surface area contributed by atoms with E-state index in [4.69, 9.17) is 9.72 Å². The van der Waals surface area contributed by atoms with Crippen LogP contribution in [0.1, 0.15) is 5.01 Å². The minimum atomic E-state index is 0.861. The molecule has 1 aliphatic rings. The van der Waals surface area contributed by atoms with Crippen LogP contribution in [0.25, 0.3) is 27.1 Å². The molecule has 1 N–H and O–H groups in total. The van der Waals surface area contributed by atoms with Gasteiger partial charge in [0.15, 0.2) is 0 Å². The zero-order valence-electron chi connectivity index (χ0n) is 13.4. The number of ether oxygens (including phenoxy) is 1. The van der Waals surface area contributed by atoms with Crippen molar-refractivity contribution in [2.45, 2.75) is 4.90 Å². The maximum Gasteiger partial charge on any atom is 0.121 e. The second-order valence-electron chi connectivity index (χ2n) is 5.78. The average Bonchev–Trinajstić information content (AvgIpc) is 3.24. The van der Waals surface area contributed by atoms with Crippen molar-refractivity contribution in [3.05, 3.63) is 64.6 Å². The predicted molar refractivity (Wildman–Crippen MR) is 108 cm³/mol. The molecule has 3 aromatic carbocycles. The first-order chi connectivity index (χ1) is 12.3. The largest absolute Gasteiger partial charge is 0.497 e. The quantitative estimate of drug-likeness (QED) is 0.476. The molecule has 1 aromatic heterocycles. The number of fused-ring (bicyclic) bond motifs is 4. The molecule has 0 atom stereocenters. The van der Waals surface area contributed by atoms with E-state index in [1.165, 1.54) is 20.4 Å². The molecule has 1 aliphatic heterocycles. The third-order valence-corrected chi connectivity index (χ3v) is 6.20. The smallest absolute Gasteiger partial charge is 0.121 e. The summed E-state index contributed by atoms with van der Waals surface area (Å²) in [6.45, 7) is 0. The van der Waals surface area contributed by atoms with Gasteiger partial charge in [0.2, 0.25) is 0 Å². The first kappa shape index (κ1) is 14.8. The Morgan fingerprint density at radius 1 is 1.08 bits per heavy atom. The summed E-state index contributed by atoms with van der Waals surface area (Å²) in [4.78, 5) is 6.07. The number of aromatic nitrogens is 1. The third kappa shape index (κ3) is 2.56. The van der Waals surface area contributed by atoms with E-state index in [1.54, 1.807) is 30.2 Å². The van der Waals surface area contributed by atoms with E-state index in [2.05, 4.69) is 53.9 Å². The number of methoxy groups -OCH3 is 1. The third-order valence-electron chi connectivity index (χ3n) is 4.22. The van der Waals surface area contributed by atoms with Gasteiger partial charge in [-0.1, -0.05) is 42.1 Å². The molecule has 5 heteroatoms. The standard InChI is InChI=1S/C20H14N2OS2/c1-23-13-7-9-16-15(10-13)21-18(24-16)11-19-22-20-14-5-3-2-4-12(14)6-8-17(20)25-19/h2-11,21H,1H3/b18-11-. The minimum absolute atomic E-state index is 0.861. The lowest BCUT2D eigenvalue weighted by Gasteiger charge is -2.01. The Balaban J connectivity index is 1.54. The first-order valence-corrected chi connectivity index (χ1v) is 9.56. The van der Waals surface area contributed by atoms with Gasteiger partial charge in [0, 0.05) is 22.4 Å². The van der Waals surface area contributed by atoms with Crippen molar-refractivity contribution in [3.63, 3.8) is 0 Å². The maximum absolute atomic E-state index is 5.29. The number of thiazole rings is 1. The van der Waals surface area contributed by atoms with Crippen LogP contribution in [0.5, 0.6) is 5.75 Å². The Morgan fingerprint density at radius 2 is 2.00 bits per heavy atom. The first-order valence-electron chi connectivity index (χ1n) is 7.93. The maximum atomic E-state index is 5.29. The van der Waals surface area contributed by atoms with Crippen molar-refractivity contribution in [1.29, 1.82) is 0 Å². The summed E-state index contributed by atoms with van der Waals surface area (Å²) in [6, 6.07) is 18.8. The van der Waals surface area contributed by atoms with Gasteiger partial charge < -0.3 is 10.1 Å². The van der Waals surface area contributed by atoms with E-state index in [9.17, 15) is 0 Å². The zero-order chi connectivity index (χ0) is 16.8. The van der Waals surface area contributed by atoms with E-state index >= 15 is 0 Å². The van der Waals surface area contributed by atoms with Crippen LogP contribution in [0.4, 0.5) is 5.69 Å². The average molecular weight is 362 g/mol. The molecule has 5 rings (SSSR count). The zero-order valence-corrected chi connectivity index (χ0v) is 15.1. The summed E-state index contributed by atoms with van der Waals surface area (Å²) in [5.74, 6) is 0.861. The van der Waals surface area contributed by atoms with Gasteiger partial charge in [-0.15, -0.1) is 11.3 Å². The van der Waals surface area contributed by atoms with E-state index in [0.29, 0.717) is 0 Å². The van der Waals surface area contributed by atoms with Crippen LogP contribution in [0.2, 0.25) is 0 Å². The minimum Gasteiger partial charge on any atom is -0.497 e. The van der Waals surface area contributed by atoms with E-state index < -0.39 is 0 Å². The molecule has 2 heterocycles. The molecule has 0 amide bonds. The van der Waals surface area contributed by atoms with Crippen LogP contribution in [-0.2, 0) is 0 Å². The lowest BCUT2D eigenvalue weighted by atomic mass is 10.1. The fourth-order valence-corrected chi connectivity index (χ4v) is 4.94. The number of rotatable bonds is 2. The molecule has 122 valence electrons. The summed E-state index contributed by atoms with van der Waals surface area (Å²) >= 11 is 3.44. The molecule has 0 aliphatic carbocycles. The second-order valence-corrected chi connectivity index (χ2v) is 7.93. The highest BCUT2D eigenvalue weighted by atomic mass is 32.2. The molecule has 0 unspecified atom stereocenters. The van der Waals surface area contributed by atoms with E-state index in [-0.39, 0.29) is 0 Å². The topological polar surface area (TPSA) is 34.1 Å². The van der Waals surface area contributed by atoms with Crippen LogP contribution < -0.4 is 10.1 Å². The van der Waals surface area contributed by atoms with Gasteiger partial charge in [-0.2, -0.15) is 0 Å². The summed E-state index contributed by atoms with van der Waals surface area (Å²) in [5, 5.41) is 7.99. The highest BCUT2D eigenvalue weighted by molar-refractivity contribution is 8.03. The number of benzene rings is 3. The molecule has 25 heavy (non-hydrogen) atoms. The van der Waals surface area contributed by atoms with Gasteiger partial charge in [0.05, 0.1) is 28.0 Å². The van der Waals surface area contributed by atoms with Crippen LogP contribution in [0, 0.1) is 0 Å². The van der Waals surface area contributed by atoms with E-state index in [0.717, 1.165) is 27.0 Å². The Bertz CT molecular complexity index is 1150. The van der Waals surface area contributed by atoms with Crippen LogP contribution in [0.15, 0.2) is 64.5 Å². The second kappa shape index (κ2) is 5.79. The molecule has 0 saturated heterocycles. The summed E-state index contributed by atoms with van der Waals surface area (Å²) in [6.07, 6.45) is 2.12. The van der Waals surface area contributed by atoms with E-state index in [1.807, 2.05) is 12.1 Å². The van der Waals surface area contributed by atoms with Crippen LogP contribution in [0.3, 0.4) is 0 Å². The van der Waals surface area contributed by atoms with Crippen molar-refractivity contribution < 1.29 is 4.74 Å². The highest BCUT2D eigenvalue weighted by Gasteiger charge is 2.17. The fraction of sp³-hybridized carbons (Fsp3) is 0.0500. The van der Waals surface area contributed by atoms with Crippen molar-refractivity contribution in [2.75, 3.05) is 12.4 Å². The van der Waals surface area contributed by atoms with Gasteiger partial charge in [-0.25, -0.2) is 4.98 Å². The summed E-state index contributed by atoms with van der Waals surface area (Å²) in [7, 11) is 1.69. The number of anilines is 1. The number of thioether (sulfide) groups is 1. The SMILES string of the molecule is COc1ccc2c(c1)N/C(=C/c1nc3c(ccc4ccccc43)s1)S2. The van der Waals surface area contributed by atoms with Crippen molar-refractivity contribution in [2.24, 2.45) is 0 Å². The van der Waals surface area contributed by atoms with Gasteiger partial charge in [0.25, 0.3) is 0 Å². The van der Waals surface area contributed by atoms with Crippen molar-refractivity contribution in [1.82, 2.24) is 4.98 Å². The molecular formula is C20H14N2OS2. The summed E-state index contributed by atoms with van der Waals surface area (Å²) in [5.41, 5.74) is 2.17. The van der Waals surface area contributed by atoms with Gasteiger partial charge >= 0.3 is 0 Å². The van der Waals surface area contributed by atoms with Crippen LogP contribution >= 0.6 is 23.1 Å². The molecule has 0 radical (unpaired) electrons. The molecule has 0 spiro atoms. The number of hydrogen-bond donors (Lipinski definition) is 1. The molecular weight excluding hydrogens is 348 g/mol. The van der Waals surface area contributed by atoms with Crippen LogP contribution in [-0.4, -0.2) is 12.1 Å². The van der Waals surface area contributed by atoms with Gasteiger partial charge in [-0.05, 0) is 23.6 Å². The predicted octanol–water partition coefficient (Wildman–Crippen LogP) is 5.97.